The summed E-state index contributed by atoms with van der Waals surface area (Å²) in [4.78, 5) is 3.87. The first-order chi connectivity index (χ1) is 7.24. The summed E-state index contributed by atoms with van der Waals surface area (Å²) in [5.41, 5.74) is 1.03. The van der Waals surface area contributed by atoms with Gasteiger partial charge in [-0.15, -0.1) is 0 Å². The highest BCUT2D eigenvalue weighted by molar-refractivity contribution is 5.31. The maximum atomic E-state index is 8.65. The van der Waals surface area contributed by atoms with Crippen LogP contribution >= 0.6 is 0 Å². The molecule has 0 radical (unpaired) electrons. The van der Waals surface area contributed by atoms with Gasteiger partial charge in [-0.3, -0.25) is 0 Å². The fourth-order valence-corrected chi connectivity index (χ4v) is 1.17. The van der Waals surface area contributed by atoms with Crippen LogP contribution in [0.15, 0.2) is 48.5 Å². The molecule has 0 saturated carbocycles. The van der Waals surface area contributed by atoms with Crippen LogP contribution in [-0.2, 0) is 0 Å². The smallest absolute Gasteiger partial charge is 0.110 e. The molecule has 0 fully saturated rings. The van der Waals surface area contributed by atoms with Gasteiger partial charge in [0.25, 0.3) is 0 Å². The molecule has 1 aliphatic rings. The molecular formula is C12H15N3. The molecule has 1 heterocycles. The van der Waals surface area contributed by atoms with Crippen LogP contribution in [0.1, 0.15) is 0 Å². The Labute approximate surface area is 90.9 Å². The molecule has 15 heavy (non-hydrogen) atoms. The molecule has 0 aliphatic carbocycles. The third-order valence-corrected chi connectivity index (χ3v) is 1.87. The molecule has 0 N–H and O–H groups in total. The summed E-state index contributed by atoms with van der Waals surface area (Å²) in [5.74, 6) is 0. The largest absolute Gasteiger partial charge is 0.383 e. The molecule has 0 aromatic heterocycles. The molecule has 1 aliphatic heterocycles. The number of hydrogen-bond donors (Lipinski definition) is 0. The highest BCUT2D eigenvalue weighted by atomic mass is 15.1. The van der Waals surface area contributed by atoms with E-state index in [1.807, 2.05) is 66.7 Å². The zero-order valence-corrected chi connectivity index (χ0v) is 9.09. The Morgan fingerprint density at radius 2 is 2.27 bits per heavy atom. The highest BCUT2D eigenvalue weighted by Gasteiger charge is 2.03. The van der Waals surface area contributed by atoms with Crippen molar-refractivity contribution < 1.29 is 0 Å². The normalized spacial score (nSPS) is 17.4. The summed E-state index contributed by atoms with van der Waals surface area (Å²) < 4.78 is 0. The highest BCUT2D eigenvalue weighted by Crippen LogP contribution is 2.11. The molecule has 0 bridgehead atoms. The second-order valence-electron chi connectivity index (χ2n) is 3.38. The van der Waals surface area contributed by atoms with Gasteiger partial charge in [0, 0.05) is 26.0 Å². The van der Waals surface area contributed by atoms with Crippen molar-refractivity contribution in [1.82, 2.24) is 9.80 Å². The molecule has 0 spiro atoms. The Kier molecular flexibility index (Phi) is 4.24. The van der Waals surface area contributed by atoms with E-state index >= 15 is 0 Å². The zero-order valence-electron chi connectivity index (χ0n) is 9.09. The van der Waals surface area contributed by atoms with Gasteiger partial charge in [0.15, 0.2) is 0 Å². The molecule has 78 valence electrons. The summed E-state index contributed by atoms with van der Waals surface area (Å²) >= 11 is 0. The van der Waals surface area contributed by atoms with E-state index in [9.17, 15) is 0 Å². The summed E-state index contributed by atoms with van der Waals surface area (Å²) in [6.45, 7) is 0.377. The minimum absolute atomic E-state index is 0.377. The Balaban J connectivity index is 2.70. The van der Waals surface area contributed by atoms with Gasteiger partial charge in [-0.05, 0) is 30.5 Å². The monoisotopic (exact) mass is 201 g/mol. The molecule has 0 aromatic carbocycles. The van der Waals surface area contributed by atoms with Crippen molar-refractivity contribution in [2.45, 2.75) is 0 Å². The Hall–Kier alpha value is -1.95. The van der Waals surface area contributed by atoms with Crippen molar-refractivity contribution >= 4 is 0 Å². The number of nitrogens with zero attached hydrogens (tertiary/aromatic N) is 3. The molecule has 0 atom stereocenters. The van der Waals surface area contributed by atoms with Crippen LogP contribution in [0, 0.1) is 11.3 Å². The van der Waals surface area contributed by atoms with E-state index in [1.54, 1.807) is 0 Å². The van der Waals surface area contributed by atoms with Crippen molar-refractivity contribution in [1.29, 1.82) is 5.26 Å². The van der Waals surface area contributed by atoms with Crippen molar-refractivity contribution in [3.05, 3.63) is 48.5 Å². The van der Waals surface area contributed by atoms with Gasteiger partial charge in [0.05, 0.1) is 6.07 Å². The van der Waals surface area contributed by atoms with Crippen LogP contribution < -0.4 is 0 Å². The predicted octanol–water partition coefficient (Wildman–Crippen LogP) is 1.85. The fourth-order valence-electron chi connectivity index (χ4n) is 1.17. The van der Waals surface area contributed by atoms with Crippen LogP contribution in [0.2, 0.25) is 0 Å². The molecule has 3 heteroatoms. The number of rotatable bonds is 3. The van der Waals surface area contributed by atoms with Crippen LogP contribution in [0.3, 0.4) is 0 Å². The predicted molar refractivity (Wildman–Crippen MR) is 61.5 cm³/mol. The Morgan fingerprint density at radius 3 is 2.93 bits per heavy atom. The number of hydrogen-bond acceptors (Lipinski definition) is 3. The average molecular weight is 201 g/mol. The van der Waals surface area contributed by atoms with Crippen LogP contribution in [0.5, 0.6) is 0 Å². The third kappa shape index (κ3) is 3.74. The van der Waals surface area contributed by atoms with Gasteiger partial charge >= 0.3 is 0 Å². The molecule has 0 aromatic rings. The first kappa shape index (κ1) is 11.1. The quantitative estimate of drug-likeness (QED) is 0.653. The van der Waals surface area contributed by atoms with E-state index in [0.29, 0.717) is 6.54 Å². The van der Waals surface area contributed by atoms with Gasteiger partial charge in [-0.2, -0.15) is 5.26 Å². The molecular weight excluding hydrogens is 186 g/mol. The van der Waals surface area contributed by atoms with Gasteiger partial charge < -0.3 is 9.80 Å². The second kappa shape index (κ2) is 5.71. The van der Waals surface area contributed by atoms with Gasteiger partial charge in [-0.1, -0.05) is 6.08 Å². The van der Waals surface area contributed by atoms with Crippen LogP contribution in [0.4, 0.5) is 0 Å². The molecule has 0 saturated heterocycles. The molecule has 0 amide bonds. The minimum atomic E-state index is 0.377. The van der Waals surface area contributed by atoms with E-state index < -0.39 is 0 Å². The average Bonchev–Trinajstić information content (AvgIpc) is 2.20. The molecule has 3 nitrogen and oxygen atoms in total. The lowest BCUT2D eigenvalue weighted by molar-refractivity contribution is 0.534. The van der Waals surface area contributed by atoms with Gasteiger partial charge in [0.2, 0.25) is 0 Å². The van der Waals surface area contributed by atoms with E-state index in [-0.39, 0.29) is 0 Å². The Bertz CT molecular complexity index is 354. The topological polar surface area (TPSA) is 30.3 Å². The summed E-state index contributed by atoms with van der Waals surface area (Å²) in [5, 5.41) is 8.65. The van der Waals surface area contributed by atoms with E-state index in [0.717, 1.165) is 5.70 Å². The maximum absolute atomic E-state index is 8.65. The SMILES string of the molecule is CN(C)C=CC=C1C=CC=CN1CC#N. The summed E-state index contributed by atoms with van der Waals surface area (Å²) in [6, 6.07) is 2.13. The zero-order chi connectivity index (χ0) is 11.1. The first-order valence-electron chi connectivity index (χ1n) is 4.77. The van der Waals surface area contributed by atoms with E-state index in [2.05, 4.69) is 6.07 Å². The van der Waals surface area contributed by atoms with E-state index in [1.165, 1.54) is 0 Å². The van der Waals surface area contributed by atoms with Gasteiger partial charge in [0.1, 0.15) is 6.54 Å². The lowest BCUT2D eigenvalue weighted by atomic mass is 10.2. The lowest BCUT2D eigenvalue weighted by Gasteiger charge is -2.19. The summed E-state index contributed by atoms with van der Waals surface area (Å²) in [7, 11) is 3.94. The summed E-state index contributed by atoms with van der Waals surface area (Å²) in [6.07, 6.45) is 13.7. The molecule has 0 unspecified atom stereocenters. The van der Waals surface area contributed by atoms with E-state index in [4.69, 9.17) is 5.26 Å². The fraction of sp³-hybridized carbons (Fsp3) is 0.250. The third-order valence-electron chi connectivity index (χ3n) is 1.87. The molecule has 1 rings (SSSR count). The second-order valence-corrected chi connectivity index (χ2v) is 3.38. The minimum Gasteiger partial charge on any atom is -0.383 e. The van der Waals surface area contributed by atoms with Crippen molar-refractivity contribution in [3.8, 4) is 6.07 Å². The van der Waals surface area contributed by atoms with Gasteiger partial charge in [-0.25, -0.2) is 0 Å². The van der Waals surface area contributed by atoms with Crippen molar-refractivity contribution in [3.63, 3.8) is 0 Å². The lowest BCUT2D eigenvalue weighted by Crippen LogP contribution is -2.17. The Morgan fingerprint density at radius 1 is 1.47 bits per heavy atom. The number of allylic oxidation sites excluding steroid dienone is 5. The van der Waals surface area contributed by atoms with Crippen LogP contribution in [0.25, 0.3) is 0 Å². The van der Waals surface area contributed by atoms with Crippen molar-refractivity contribution in [2.75, 3.05) is 20.6 Å². The van der Waals surface area contributed by atoms with Crippen molar-refractivity contribution in [2.24, 2.45) is 0 Å². The van der Waals surface area contributed by atoms with Crippen LogP contribution in [-0.4, -0.2) is 30.4 Å². The number of nitriles is 1. The standard InChI is InChI=1S/C12H15N3/c1-14(2)9-5-7-12-6-3-4-10-15(12)11-8-13/h3-7,9-10H,11H2,1-2H3. The maximum Gasteiger partial charge on any atom is 0.110 e. The first-order valence-corrected chi connectivity index (χ1v) is 4.77.